The summed E-state index contributed by atoms with van der Waals surface area (Å²) in [5, 5.41) is 0. The van der Waals surface area contributed by atoms with Gasteiger partial charge in [0.25, 0.3) is 0 Å². The van der Waals surface area contributed by atoms with Crippen LogP contribution in [0.4, 0.5) is 0 Å². The van der Waals surface area contributed by atoms with Gasteiger partial charge in [-0.3, -0.25) is 9.36 Å². The Balaban J connectivity index is 1.52. The van der Waals surface area contributed by atoms with E-state index in [0.717, 1.165) is 0 Å². The minimum absolute atomic E-state index is 0.0751. The van der Waals surface area contributed by atoms with Crippen molar-refractivity contribution >= 4 is 17.1 Å². The Labute approximate surface area is 165 Å². The summed E-state index contributed by atoms with van der Waals surface area (Å²) < 4.78 is 30.7. The van der Waals surface area contributed by atoms with Crippen LogP contribution in [0.2, 0.25) is 0 Å². The zero-order chi connectivity index (χ0) is 20.2. The second kappa shape index (κ2) is 6.61. The molecule has 0 aromatic carbocycles. The van der Waals surface area contributed by atoms with Gasteiger partial charge in [0.15, 0.2) is 23.4 Å². The standard InChI is InChI=1S/C19H20N4O6/c1-10(24)26-7-12-15-16(29-19(2,3)28-15)18(27-12)23-9-22-14-13(11-5-4-6-25-11)20-8-21-17(14)23/h4-6,8-9,12,15-16,18H,7H2,1-3H3/t12-,15-,16-,18-/m1/s1. The van der Waals surface area contributed by atoms with Crippen LogP contribution in [-0.2, 0) is 23.7 Å². The number of rotatable bonds is 4. The van der Waals surface area contributed by atoms with Gasteiger partial charge in [0.1, 0.15) is 42.5 Å². The Hall–Kier alpha value is -2.82. The Morgan fingerprint density at radius 3 is 2.83 bits per heavy atom. The summed E-state index contributed by atoms with van der Waals surface area (Å²) in [7, 11) is 0. The molecule has 0 radical (unpaired) electrons. The van der Waals surface area contributed by atoms with Crippen LogP contribution in [0.5, 0.6) is 0 Å². The van der Waals surface area contributed by atoms with Crippen LogP contribution in [0.15, 0.2) is 35.5 Å². The monoisotopic (exact) mass is 400 g/mol. The summed E-state index contributed by atoms with van der Waals surface area (Å²) in [4.78, 5) is 24.4. The van der Waals surface area contributed by atoms with Crippen molar-refractivity contribution in [2.45, 2.75) is 51.1 Å². The van der Waals surface area contributed by atoms with Gasteiger partial charge in [0, 0.05) is 6.92 Å². The second-order valence-corrected chi connectivity index (χ2v) is 7.46. The number of furan rings is 1. The van der Waals surface area contributed by atoms with Gasteiger partial charge in [-0.1, -0.05) is 0 Å². The van der Waals surface area contributed by atoms with Crippen molar-refractivity contribution in [2.24, 2.45) is 0 Å². The number of carbonyl (C=O) groups is 1. The number of ether oxygens (including phenoxy) is 4. The molecular weight excluding hydrogens is 380 g/mol. The molecule has 2 aliphatic heterocycles. The molecule has 0 spiro atoms. The average molecular weight is 400 g/mol. The fourth-order valence-electron chi connectivity index (χ4n) is 3.85. The molecule has 10 heteroatoms. The van der Waals surface area contributed by atoms with E-state index in [1.807, 2.05) is 19.9 Å². The number of carbonyl (C=O) groups excluding carboxylic acids is 1. The third-order valence-corrected chi connectivity index (χ3v) is 4.96. The van der Waals surface area contributed by atoms with Crippen LogP contribution in [0.25, 0.3) is 22.6 Å². The first kappa shape index (κ1) is 18.2. The molecule has 0 unspecified atom stereocenters. The molecule has 0 N–H and O–H groups in total. The Morgan fingerprint density at radius 1 is 1.24 bits per heavy atom. The highest BCUT2D eigenvalue weighted by Crippen LogP contribution is 2.44. The van der Waals surface area contributed by atoms with Crippen molar-refractivity contribution in [3.8, 4) is 11.5 Å². The molecule has 2 fully saturated rings. The maximum Gasteiger partial charge on any atom is 0.302 e. The molecule has 2 saturated heterocycles. The minimum atomic E-state index is -0.781. The molecule has 0 amide bonds. The van der Waals surface area contributed by atoms with Gasteiger partial charge >= 0.3 is 5.97 Å². The number of nitrogens with zero attached hydrogens (tertiary/aromatic N) is 4. The van der Waals surface area contributed by atoms with Crippen molar-refractivity contribution in [3.63, 3.8) is 0 Å². The Bertz CT molecular complexity index is 1050. The van der Waals surface area contributed by atoms with E-state index in [1.165, 1.54) is 13.3 Å². The first-order valence-corrected chi connectivity index (χ1v) is 9.29. The van der Waals surface area contributed by atoms with E-state index in [1.54, 1.807) is 23.2 Å². The lowest BCUT2D eigenvalue weighted by Gasteiger charge is -2.24. The van der Waals surface area contributed by atoms with E-state index in [9.17, 15) is 4.79 Å². The molecule has 3 aromatic heterocycles. The molecule has 0 aliphatic carbocycles. The molecule has 10 nitrogen and oxygen atoms in total. The SMILES string of the molecule is CC(=O)OC[C@H]1O[C@@H](n2cnc3c(-c4ccco4)ncnc32)[C@@H]2OC(C)(C)O[C@@H]21. The van der Waals surface area contributed by atoms with E-state index in [4.69, 9.17) is 23.4 Å². The first-order chi connectivity index (χ1) is 13.9. The van der Waals surface area contributed by atoms with Crippen molar-refractivity contribution in [3.05, 3.63) is 31.1 Å². The lowest BCUT2D eigenvalue weighted by atomic mass is 10.1. The largest absolute Gasteiger partial charge is 0.463 e. The fraction of sp³-hybridized carbons (Fsp3) is 0.474. The third kappa shape index (κ3) is 3.09. The average Bonchev–Trinajstić information content (AvgIpc) is 3.42. The zero-order valence-corrected chi connectivity index (χ0v) is 16.1. The summed E-state index contributed by atoms with van der Waals surface area (Å²) >= 11 is 0. The van der Waals surface area contributed by atoms with Crippen LogP contribution in [0.3, 0.4) is 0 Å². The van der Waals surface area contributed by atoms with Gasteiger partial charge < -0.3 is 23.4 Å². The van der Waals surface area contributed by atoms with Gasteiger partial charge in [-0.25, -0.2) is 15.0 Å². The summed E-state index contributed by atoms with van der Waals surface area (Å²) in [6, 6.07) is 3.60. The van der Waals surface area contributed by atoms with Crippen LogP contribution in [0.1, 0.15) is 27.0 Å². The molecule has 5 heterocycles. The van der Waals surface area contributed by atoms with Crippen molar-refractivity contribution in [1.82, 2.24) is 19.5 Å². The minimum Gasteiger partial charge on any atom is -0.463 e. The number of esters is 1. The maximum atomic E-state index is 11.3. The first-order valence-electron chi connectivity index (χ1n) is 9.29. The van der Waals surface area contributed by atoms with E-state index >= 15 is 0 Å². The van der Waals surface area contributed by atoms with E-state index in [0.29, 0.717) is 22.6 Å². The molecular formula is C19H20N4O6. The number of hydrogen-bond acceptors (Lipinski definition) is 9. The molecule has 152 valence electrons. The highest BCUT2D eigenvalue weighted by atomic mass is 16.8. The topological polar surface area (TPSA) is 111 Å². The smallest absolute Gasteiger partial charge is 0.302 e. The quantitative estimate of drug-likeness (QED) is 0.608. The summed E-state index contributed by atoms with van der Waals surface area (Å²) in [6.45, 7) is 5.12. The van der Waals surface area contributed by atoms with Gasteiger partial charge in [-0.15, -0.1) is 0 Å². The predicted molar refractivity (Wildman–Crippen MR) is 97.4 cm³/mol. The molecule has 0 bridgehead atoms. The van der Waals surface area contributed by atoms with Crippen LogP contribution >= 0.6 is 0 Å². The highest BCUT2D eigenvalue weighted by Gasteiger charge is 2.56. The Kier molecular flexibility index (Phi) is 4.16. The molecule has 2 aliphatic rings. The van der Waals surface area contributed by atoms with Gasteiger partial charge in [0.2, 0.25) is 0 Å². The normalized spacial score (nSPS) is 28.0. The van der Waals surface area contributed by atoms with Gasteiger partial charge in [-0.2, -0.15) is 0 Å². The highest BCUT2D eigenvalue weighted by molar-refractivity contribution is 5.85. The maximum absolute atomic E-state index is 11.3. The van der Waals surface area contributed by atoms with Gasteiger partial charge in [0.05, 0.1) is 12.6 Å². The number of aromatic nitrogens is 4. The van der Waals surface area contributed by atoms with Crippen LogP contribution in [-0.4, -0.2) is 56.2 Å². The van der Waals surface area contributed by atoms with E-state index in [-0.39, 0.29) is 12.6 Å². The molecule has 29 heavy (non-hydrogen) atoms. The zero-order valence-electron chi connectivity index (χ0n) is 16.1. The van der Waals surface area contributed by atoms with E-state index in [2.05, 4.69) is 15.0 Å². The van der Waals surface area contributed by atoms with Crippen molar-refractivity contribution in [2.75, 3.05) is 6.61 Å². The van der Waals surface area contributed by atoms with Crippen LogP contribution in [0, 0.1) is 0 Å². The molecule has 3 aromatic rings. The summed E-state index contributed by atoms with van der Waals surface area (Å²) in [6.07, 6.45) is 2.85. The van der Waals surface area contributed by atoms with Crippen molar-refractivity contribution < 1.29 is 28.2 Å². The summed E-state index contributed by atoms with van der Waals surface area (Å²) in [5.74, 6) is -0.561. The molecule has 5 rings (SSSR count). The van der Waals surface area contributed by atoms with Crippen LogP contribution < -0.4 is 0 Å². The number of imidazole rings is 1. The second-order valence-electron chi connectivity index (χ2n) is 7.46. The lowest BCUT2D eigenvalue weighted by molar-refractivity contribution is -0.201. The number of fused-ring (bicyclic) bond motifs is 2. The fourth-order valence-corrected chi connectivity index (χ4v) is 3.85. The van der Waals surface area contributed by atoms with Gasteiger partial charge in [-0.05, 0) is 26.0 Å². The van der Waals surface area contributed by atoms with E-state index < -0.39 is 30.3 Å². The number of hydrogen-bond donors (Lipinski definition) is 0. The predicted octanol–water partition coefficient (Wildman–Crippen LogP) is 2.07. The van der Waals surface area contributed by atoms with Crippen molar-refractivity contribution in [1.29, 1.82) is 0 Å². The summed E-state index contributed by atoms with van der Waals surface area (Å²) in [5.41, 5.74) is 1.76. The lowest BCUT2D eigenvalue weighted by Crippen LogP contribution is -2.33. The molecule has 0 saturated carbocycles. The molecule has 4 atom stereocenters. The Morgan fingerprint density at radius 2 is 2.07 bits per heavy atom. The third-order valence-electron chi connectivity index (χ3n) is 4.96.